The minimum atomic E-state index is -1.19. The molecular weight excluding hydrogens is 476 g/mol. The molecule has 0 aliphatic carbocycles. The van der Waals surface area contributed by atoms with E-state index in [1.807, 2.05) is 6.26 Å². The van der Waals surface area contributed by atoms with Crippen LogP contribution >= 0.6 is 24.4 Å². The van der Waals surface area contributed by atoms with Gasteiger partial charge in [-0.15, -0.1) is 18.3 Å². The molecule has 3 amide bonds. The molecule has 1 aromatic rings. The van der Waals surface area contributed by atoms with Gasteiger partial charge in [0.25, 0.3) is 11.8 Å². The SMILES string of the molecule is C=CC1NC(=O)/C(=C/C)NC(=O)c2cc(SC)cc(n2)CNC(=O)C[C@@H](/C=C/CCS)OC1=O. The van der Waals surface area contributed by atoms with Crippen LogP contribution in [0.15, 0.2) is 53.6 Å². The fraction of sp³-hybridized carbons (Fsp3) is 0.348. The van der Waals surface area contributed by atoms with Gasteiger partial charge in [-0.1, -0.05) is 18.2 Å². The Labute approximate surface area is 208 Å². The highest BCUT2D eigenvalue weighted by atomic mass is 32.2. The Kier molecular flexibility index (Phi) is 10.9. The fourth-order valence-electron chi connectivity index (χ4n) is 2.90. The third kappa shape index (κ3) is 8.07. The van der Waals surface area contributed by atoms with Crippen molar-refractivity contribution in [1.29, 1.82) is 0 Å². The largest absolute Gasteiger partial charge is 0.456 e. The second-order valence-corrected chi connectivity index (χ2v) is 8.45. The number of pyridine rings is 1. The van der Waals surface area contributed by atoms with E-state index in [0.717, 1.165) is 4.90 Å². The first kappa shape index (κ1) is 27.2. The highest BCUT2D eigenvalue weighted by Crippen LogP contribution is 2.17. The summed E-state index contributed by atoms with van der Waals surface area (Å²) >= 11 is 5.56. The smallest absolute Gasteiger partial charge is 0.333 e. The topological polar surface area (TPSA) is 126 Å². The van der Waals surface area contributed by atoms with Gasteiger partial charge < -0.3 is 20.7 Å². The van der Waals surface area contributed by atoms with Crippen LogP contribution in [0.4, 0.5) is 0 Å². The lowest BCUT2D eigenvalue weighted by Crippen LogP contribution is -2.45. The number of thioether (sulfide) groups is 1. The zero-order chi connectivity index (χ0) is 25.1. The Morgan fingerprint density at radius 2 is 2.03 bits per heavy atom. The second-order valence-electron chi connectivity index (χ2n) is 7.12. The molecule has 2 atom stereocenters. The number of cyclic esters (lactones) is 1. The number of carbonyl (C=O) groups excluding carboxylic acids is 4. The number of carbonyl (C=O) groups is 4. The number of amides is 3. The standard InChI is InChI=1S/C23H28N4O5S2/c1-4-17-21(29)27-18(5-2)23(31)32-15(8-6-7-9-33)11-20(28)24-13-14-10-16(34-3)12-19(25-14)22(30)26-17/h4-6,8,10,12,15,18,33H,2,7,9,11,13H2,1,3H3,(H,24,28)(H,26,30)(H,27,29)/b8-6+,17-4-/t15-,18?/m1/s1. The molecule has 0 aromatic carbocycles. The van der Waals surface area contributed by atoms with Crippen molar-refractivity contribution < 1.29 is 23.9 Å². The van der Waals surface area contributed by atoms with Crippen LogP contribution in [0.2, 0.25) is 0 Å². The lowest BCUT2D eigenvalue weighted by atomic mass is 10.2. The van der Waals surface area contributed by atoms with Gasteiger partial charge in [-0.05, 0) is 43.6 Å². The third-order valence-corrected chi connectivity index (χ3v) is 5.61. The van der Waals surface area contributed by atoms with Gasteiger partial charge in [-0.25, -0.2) is 9.78 Å². The van der Waals surface area contributed by atoms with Crippen LogP contribution in [0, 0.1) is 0 Å². The zero-order valence-electron chi connectivity index (χ0n) is 19.0. The maximum absolute atomic E-state index is 12.8. The minimum Gasteiger partial charge on any atom is -0.456 e. The molecule has 9 nitrogen and oxygen atoms in total. The molecule has 1 aliphatic rings. The van der Waals surface area contributed by atoms with Crippen molar-refractivity contribution in [3.8, 4) is 0 Å². The van der Waals surface area contributed by atoms with Gasteiger partial charge in [0.1, 0.15) is 23.5 Å². The van der Waals surface area contributed by atoms with Crippen molar-refractivity contribution in [2.75, 3.05) is 12.0 Å². The average molecular weight is 505 g/mol. The van der Waals surface area contributed by atoms with E-state index in [1.165, 1.54) is 23.9 Å². The number of thiol groups is 1. The highest BCUT2D eigenvalue weighted by molar-refractivity contribution is 7.98. The quantitative estimate of drug-likeness (QED) is 0.159. The molecule has 1 unspecified atom stereocenters. The predicted octanol–water partition coefficient (Wildman–Crippen LogP) is 1.92. The number of esters is 1. The first-order valence-electron chi connectivity index (χ1n) is 10.5. The van der Waals surface area contributed by atoms with Crippen molar-refractivity contribution in [1.82, 2.24) is 20.9 Å². The van der Waals surface area contributed by atoms with Crippen molar-refractivity contribution in [2.45, 2.75) is 43.4 Å². The van der Waals surface area contributed by atoms with Crippen LogP contribution in [0.25, 0.3) is 0 Å². The summed E-state index contributed by atoms with van der Waals surface area (Å²) in [6.07, 6.45) is 7.47. The van der Waals surface area contributed by atoms with Gasteiger partial charge in [0.05, 0.1) is 18.7 Å². The van der Waals surface area contributed by atoms with Gasteiger partial charge in [0.2, 0.25) is 5.91 Å². The molecule has 2 bridgehead atoms. The molecule has 0 saturated carbocycles. The monoisotopic (exact) mass is 504 g/mol. The molecule has 1 aliphatic heterocycles. The first-order valence-corrected chi connectivity index (χ1v) is 12.4. The molecule has 2 rings (SSSR count). The second kappa shape index (κ2) is 13.6. The fourth-order valence-corrected chi connectivity index (χ4v) is 3.53. The van der Waals surface area contributed by atoms with E-state index in [9.17, 15) is 19.2 Å². The number of hydrogen-bond donors (Lipinski definition) is 4. The average Bonchev–Trinajstić information content (AvgIpc) is 2.83. The molecule has 0 radical (unpaired) electrons. The van der Waals surface area contributed by atoms with Gasteiger partial charge >= 0.3 is 5.97 Å². The molecule has 2 heterocycles. The third-order valence-electron chi connectivity index (χ3n) is 4.65. The van der Waals surface area contributed by atoms with Crippen LogP contribution in [0.1, 0.15) is 35.9 Å². The van der Waals surface area contributed by atoms with Crippen LogP contribution in [-0.2, 0) is 25.7 Å². The lowest BCUT2D eigenvalue weighted by Gasteiger charge is -2.20. The van der Waals surface area contributed by atoms with Crippen molar-refractivity contribution >= 4 is 48.1 Å². The summed E-state index contributed by atoms with van der Waals surface area (Å²) < 4.78 is 5.47. The highest BCUT2D eigenvalue weighted by Gasteiger charge is 2.26. The van der Waals surface area contributed by atoms with Crippen LogP contribution in [0.3, 0.4) is 0 Å². The number of nitrogens with zero attached hydrogens (tertiary/aromatic N) is 1. The Balaban J connectivity index is 2.43. The van der Waals surface area contributed by atoms with Crippen molar-refractivity contribution in [2.24, 2.45) is 0 Å². The normalized spacial score (nSPS) is 21.6. The first-order chi connectivity index (χ1) is 16.3. The van der Waals surface area contributed by atoms with Gasteiger partial charge in [-0.3, -0.25) is 14.4 Å². The maximum atomic E-state index is 12.8. The number of aromatic nitrogens is 1. The number of hydrogen-bond acceptors (Lipinski definition) is 8. The summed E-state index contributed by atoms with van der Waals surface area (Å²) in [6, 6.07) is 2.15. The van der Waals surface area contributed by atoms with E-state index in [1.54, 1.807) is 31.2 Å². The lowest BCUT2D eigenvalue weighted by molar-refractivity contribution is -0.150. The molecule has 182 valence electrons. The molecule has 34 heavy (non-hydrogen) atoms. The summed E-state index contributed by atoms with van der Waals surface area (Å²) in [7, 11) is 0. The Morgan fingerprint density at radius 1 is 1.26 bits per heavy atom. The van der Waals surface area contributed by atoms with Gasteiger partial charge in [0, 0.05) is 4.90 Å². The summed E-state index contributed by atoms with van der Waals surface area (Å²) in [5, 5.41) is 7.73. The summed E-state index contributed by atoms with van der Waals surface area (Å²) in [5.74, 6) is -1.89. The summed E-state index contributed by atoms with van der Waals surface area (Å²) in [5.41, 5.74) is 0.491. The van der Waals surface area contributed by atoms with Crippen molar-refractivity contribution in [3.05, 3.63) is 60.1 Å². The van der Waals surface area contributed by atoms with E-state index in [-0.39, 0.29) is 30.3 Å². The zero-order valence-corrected chi connectivity index (χ0v) is 20.7. The number of fused-ring (bicyclic) bond motifs is 2. The maximum Gasteiger partial charge on any atom is 0.333 e. The van der Waals surface area contributed by atoms with Gasteiger partial charge in [-0.2, -0.15) is 12.6 Å². The molecule has 0 spiro atoms. The van der Waals surface area contributed by atoms with Gasteiger partial charge in [0.15, 0.2) is 0 Å². The number of rotatable bonds is 5. The van der Waals surface area contributed by atoms with E-state index in [2.05, 4.69) is 40.1 Å². The van der Waals surface area contributed by atoms with E-state index in [0.29, 0.717) is 17.9 Å². The predicted molar refractivity (Wildman–Crippen MR) is 133 cm³/mol. The summed E-state index contributed by atoms with van der Waals surface area (Å²) in [6.45, 7) is 5.22. The molecule has 0 fully saturated rings. The van der Waals surface area contributed by atoms with E-state index >= 15 is 0 Å². The molecule has 1 aromatic heterocycles. The molecule has 11 heteroatoms. The Hall–Kier alpha value is -3.05. The van der Waals surface area contributed by atoms with Crippen LogP contribution in [-0.4, -0.2) is 52.8 Å². The van der Waals surface area contributed by atoms with Crippen LogP contribution in [0.5, 0.6) is 0 Å². The number of nitrogens with one attached hydrogen (secondary N) is 3. The van der Waals surface area contributed by atoms with E-state index < -0.39 is 29.9 Å². The Bertz CT molecular complexity index is 1010. The molecule has 3 N–H and O–H groups in total. The molecule has 0 saturated heterocycles. The number of allylic oxidation sites excluding steroid dienone is 2. The van der Waals surface area contributed by atoms with E-state index in [4.69, 9.17) is 4.74 Å². The van der Waals surface area contributed by atoms with Crippen molar-refractivity contribution in [3.63, 3.8) is 0 Å². The minimum absolute atomic E-state index is 0.0619. The molecular formula is C23H28N4O5S2. The van der Waals surface area contributed by atoms with Crippen LogP contribution < -0.4 is 16.0 Å². The summed E-state index contributed by atoms with van der Waals surface area (Å²) in [4.78, 5) is 55.9. The number of ether oxygens (including phenoxy) is 1. The Morgan fingerprint density at radius 3 is 2.68 bits per heavy atom.